The maximum absolute atomic E-state index is 11.7. The highest BCUT2D eigenvalue weighted by Gasteiger charge is 2.29. The van der Waals surface area contributed by atoms with Crippen LogP contribution in [0.3, 0.4) is 0 Å². The van der Waals surface area contributed by atoms with Gasteiger partial charge < -0.3 is 5.73 Å². The van der Waals surface area contributed by atoms with Crippen LogP contribution >= 0.6 is 0 Å². The maximum Gasteiger partial charge on any atom is 0.390 e. The molecule has 0 fully saturated rings. The minimum absolute atomic E-state index is 0.408. The van der Waals surface area contributed by atoms with E-state index in [2.05, 4.69) is 6.58 Å². The minimum Gasteiger partial charge on any atom is -0.327 e. The molecule has 2 N–H and O–H groups in total. The van der Waals surface area contributed by atoms with Gasteiger partial charge in [-0.2, -0.15) is 13.2 Å². The first-order valence-electron chi connectivity index (χ1n) is 3.89. The molecule has 72 valence electrons. The third kappa shape index (κ3) is 7.60. The van der Waals surface area contributed by atoms with Gasteiger partial charge in [-0.05, 0) is 19.3 Å². The number of unbranched alkanes of at least 4 members (excludes halogenated alkanes) is 1. The third-order valence-electron chi connectivity index (χ3n) is 1.48. The lowest BCUT2D eigenvalue weighted by Crippen LogP contribution is -2.27. The molecule has 0 aliphatic heterocycles. The Bertz CT molecular complexity index is 131. The van der Waals surface area contributed by atoms with E-state index in [1.165, 1.54) is 0 Å². The average Bonchev–Trinajstić information content (AvgIpc) is 1.84. The summed E-state index contributed by atoms with van der Waals surface area (Å²) in [6.07, 6.45) is -1.52. The van der Waals surface area contributed by atoms with E-state index in [0.717, 1.165) is 6.42 Å². The predicted octanol–water partition coefficient (Wildman–Crippen LogP) is 2.62. The molecule has 0 radical (unpaired) electrons. The minimum atomic E-state index is -4.13. The number of allylic oxidation sites excluding steroid dienone is 1. The molecule has 4 heteroatoms. The highest BCUT2D eigenvalue weighted by molar-refractivity contribution is 4.71. The fraction of sp³-hybridized carbons (Fsp3) is 0.750. The van der Waals surface area contributed by atoms with Crippen molar-refractivity contribution in [2.24, 2.45) is 5.73 Å². The van der Waals surface area contributed by atoms with Gasteiger partial charge in [-0.15, -0.1) is 6.58 Å². The number of alkyl halides is 3. The second-order valence-corrected chi connectivity index (χ2v) is 2.80. The highest BCUT2D eigenvalue weighted by atomic mass is 19.4. The Balaban J connectivity index is 3.46. The van der Waals surface area contributed by atoms with Gasteiger partial charge in [0.05, 0.1) is 6.42 Å². The van der Waals surface area contributed by atoms with E-state index in [1.807, 2.05) is 0 Å². The largest absolute Gasteiger partial charge is 0.390 e. The summed E-state index contributed by atoms with van der Waals surface area (Å²) in [5.74, 6) is 0. The van der Waals surface area contributed by atoms with Crippen LogP contribution in [0.4, 0.5) is 13.2 Å². The fourth-order valence-electron chi connectivity index (χ4n) is 0.924. The Hall–Kier alpha value is -0.510. The Morgan fingerprint density at radius 3 is 2.42 bits per heavy atom. The van der Waals surface area contributed by atoms with E-state index in [4.69, 9.17) is 5.73 Å². The summed E-state index contributed by atoms with van der Waals surface area (Å²) in [5.41, 5.74) is 5.25. The van der Waals surface area contributed by atoms with Gasteiger partial charge in [0, 0.05) is 6.04 Å². The van der Waals surface area contributed by atoms with Crippen molar-refractivity contribution in [2.45, 2.75) is 37.9 Å². The maximum atomic E-state index is 11.7. The van der Waals surface area contributed by atoms with Crippen LogP contribution in [0.25, 0.3) is 0 Å². The van der Waals surface area contributed by atoms with Gasteiger partial charge >= 0.3 is 6.18 Å². The van der Waals surface area contributed by atoms with E-state index in [0.29, 0.717) is 12.8 Å². The predicted molar refractivity (Wildman–Crippen MR) is 42.7 cm³/mol. The Morgan fingerprint density at radius 2 is 2.00 bits per heavy atom. The molecule has 12 heavy (non-hydrogen) atoms. The fourth-order valence-corrected chi connectivity index (χ4v) is 0.924. The molecule has 0 aliphatic carbocycles. The molecule has 0 saturated carbocycles. The van der Waals surface area contributed by atoms with Gasteiger partial charge in [0.1, 0.15) is 0 Å². The van der Waals surface area contributed by atoms with Crippen molar-refractivity contribution in [1.29, 1.82) is 0 Å². The highest BCUT2D eigenvalue weighted by Crippen LogP contribution is 2.22. The molecule has 0 aromatic heterocycles. The van der Waals surface area contributed by atoms with Gasteiger partial charge in [-0.1, -0.05) is 6.08 Å². The average molecular weight is 181 g/mol. The quantitative estimate of drug-likeness (QED) is 0.512. The summed E-state index contributed by atoms with van der Waals surface area (Å²) in [5, 5.41) is 0. The second kappa shape index (κ2) is 5.19. The van der Waals surface area contributed by atoms with Crippen molar-refractivity contribution in [3.8, 4) is 0 Å². The number of hydrogen-bond donors (Lipinski definition) is 1. The zero-order chi connectivity index (χ0) is 9.61. The van der Waals surface area contributed by atoms with Crippen molar-refractivity contribution in [1.82, 2.24) is 0 Å². The zero-order valence-electron chi connectivity index (χ0n) is 6.90. The first-order chi connectivity index (χ1) is 5.45. The van der Waals surface area contributed by atoms with Crippen molar-refractivity contribution >= 4 is 0 Å². The summed E-state index contributed by atoms with van der Waals surface area (Å²) in [7, 11) is 0. The monoisotopic (exact) mass is 181 g/mol. The molecule has 0 aromatic carbocycles. The smallest absolute Gasteiger partial charge is 0.327 e. The van der Waals surface area contributed by atoms with E-state index < -0.39 is 18.6 Å². The van der Waals surface area contributed by atoms with Crippen LogP contribution in [0.2, 0.25) is 0 Å². The molecular weight excluding hydrogens is 167 g/mol. The lowest BCUT2D eigenvalue weighted by Gasteiger charge is -2.12. The molecule has 0 aromatic rings. The van der Waals surface area contributed by atoms with Gasteiger partial charge in [0.2, 0.25) is 0 Å². The van der Waals surface area contributed by atoms with Crippen molar-refractivity contribution in [3.05, 3.63) is 12.7 Å². The normalized spacial score (nSPS) is 14.3. The van der Waals surface area contributed by atoms with Crippen LogP contribution in [0.1, 0.15) is 25.7 Å². The van der Waals surface area contributed by atoms with Crippen LogP contribution in [0.15, 0.2) is 12.7 Å². The van der Waals surface area contributed by atoms with Crippen LogP contribution in [-0.2, 0) is 0 Å². The van der Waals surface area contributed by atoms with Crippen LogP contribution in [0.5, 0.6) is 0 Å². The standard InChI is InChI=1S/C8H14F3N/c1-2-3-4-5-7(12)6-8(9,10)11/h2,7H,1,3-6,12H2. The Labute approximate surface area is 70.4 Å². The molecule has 0 spiro atoms. The number of halogens is 3. The summed E-state index contributed by atoms with van der Waals surface area (Å²) >= 11 is 0. The summed E-state index contributed by atoms with van der Waals surface area (Å²) < 4.78 is 35.1. The second-order valence-electron chi connectivity index (χ2n) is 2.80. The Kier molecular flexibility index (Phi) is 4.97. The molecule has 0 saturated heterocycles. The van der Waals surface area contributed by atoms with E-state index in [1.54, 1.807) is 6.08 Å². The van der Waals surface area contributed by atoms with Gasteiger partial charge in [0.15, 0.2) is 0 Å². The number of nitrogens with two attached hydrogens (primary N) is 1. The zero-order valence-corrected chi connectivity index (χ0v) is 6.90. The SMILES string of the molecule is C=CCCCC(N)CC(F)(F)F. The lowest BCUT2D eigenvalue weighted by atomic mass is 10.1. The topological polar surface area (TPSA) is 26.0 Å². The molecule has 0 amide bonds. The van der Waals surface area contributed by atoms with E-state index >= 15 is 0 Å². The van der Waals surface area contributed by atoms with Crippen molar-refractivity contribution in [2.75, 3.05) is 0 Å². The molecule has 0 rings (SSSR count). The van der Waals surface area contributed by atoms with Gasteiger partial charge in [0.25, 0.3) is 0 Å². The molecule has 1 unspecified atom stereocenters. The van der Waals surface area contributed by atoms with Crippen molar-refractivity contribution < 1.29 is 13.2 Å². The van der Waals surface area contributed by atoms with Crippen LogP contribution < -0.4 is 5.73 Å². The first-order valence-corrected chi connectivity index (χ1v) is 3.89. The molecule has 0 heterocycles. The van der Waals surface area contributed by atoms with Crippen LogP contribution in [0, 0.1) is 0 Å². The molecule has 1 nitrogen and oxygen atoms in total. The number of hydrogen-bond acceptors (Lipinski definition) is 1. The molecule has 0 aliphatic rings. The molecular formula is C8H14F3N. The van der Waals surface area contributed by atoms with Crippen LogP contribution in [-0.4, -0.2) is 12.2 Å². The Morgan fingerprint density at radius 1 is 1.42 bits per heavy atom. The molecule has 0 bridgehead atoms. The summed E-state index contributed by atoms with van der Waals surface area (Å²) in [6.45, 7) is 3.47. The molecule has 1 atom stereocenters. The third-order valence-corrected chi connectivity index (χ3v) is 1.48. The van der Waals surface area contributed by atoms with E-state index in [-0.39, 0.29) is 0 Å². The number of rotatable bonds is 5. The lowest BCUT2D eigenvalue weighted by molar-refractivity contribution is -0.138. The van der Waals surface area contributed by atoms with E-state index in [9.17, 15) is 13.2 Å². The summed E-state index contributed by atoms with van der Waals surface area (Å²) in [6, 6.07) is -0.759. The van der Waals surface area contributed by atoms with Gasteiger partial charge in [-0.3, -0.25) is 0 Å². The van der Waals surface area contributed by atoms with Gasteiger partial charge in [-0.25, -0.2) is 0 Å². The van der Waals surface area contributed by atoms with Crippen molar-refractivity contribution in [3.63, 3.8) is 0 Å². The summed E-state index contributed by atoms with van der Waals surface area (Å²) in [4.78, 5) is 0. The first kappa shape index (κ1) is 11.5.